The first-order valence-corrected chi connectivity index (χ1v) is 8.32. The lowest BCUT2D eigenvalue weighted by atomic mass is 10.1. The number of amides is 1. The molecule has 0 bridgehead atoms. The van der Waals surface area contributed by atoms with E-state index in [4.69, 9.17) is 4.42 Å². The van der Waals surface area contributed by atoms with Gasteiger partial charge in [0.25, 0.3) is 5.91 Å². The molecule has 1 heterocycles. The normalized spacial score (nSPS) is 11.6. The van der Waals surface area contributed by atoms with Crippen LogP contribution in [-0.2, 0) is 0 Å². The first-order valence-electron chi connectivity index (χ1n) is 8.32. The van der Waals surface area contributed by atoms with Crippen molar-refractivity contribution < 1.29 is 14.0 Å². The molecule has 0 radical (unpaired) electrons. The highest BCUT2D eigenvalue weighted by Gasteiger charge is 2.23. The van der Waals surface area contributed by atoms with E-state index in [-0.39, 0.29) is 11.5 Å². The van der Waals surface area contributed by atoms with E-state index < -0.39 is 12.1 Å². The minimum atomic E-state index is -0.919. The fourth-order valence-electron chi connectivity index (χ4n) is 2.54. The third kappa shape index (κ3) is 4.00. The largest absolute Gasteiger partial charge is 0.459 e. The third-order valence-corrected chi connectivity index (χ3v) is 4.16. The molecule has 0 aliphatic rings. The van der Waals surface area contributed by atoms with Gasteiger partial charge in [0.05, 0.1) is 6.26 Å². The van der Waals surface area contributed by atoms with Crippen molar-refractivity contribution in [1.82, 2.24) is 5.32 Å². The zero-order valence-electron chi connectivity index (χ0n) is 14.7. The minimum absolute atomic E-state index is 0.151. The number of hydrogen-bond acceptors (Lipinski definition) is 4. The van der Waals surface area contributed by atoms with Crippen molar-refractivity contribution in [2.24, 2.45) is 0 Å². The van der Waals surface area contributed by atoms with E-state index in [1.807, 2.05) is 38.1 Å². The summed E-state index contributed by atoms with van der Waals surface area (Å²) in [4.78, 5) is 25.3. The zero-order valence-corrected chi connectivity index (χ0v) is 14.7. The van der Waals surface area contributed by atoms with Crippen LogP contribution in [0.3, 0.4) is 0 Å². The van der Waals surface area contributed by atoms with E-state index in [1.54, 1.807) is 36.4 Å². The summed E-state index contributed by atoms with van der Waals surface area (Å²) in [6.45, 7) is 4.01. The molecule has 1 amide bonds. The van der Waals surface area contributed by atoms with Crippen molar-refractivity contribution in [3.8, 4) is 0 Å². The molecule has 1 unspecified atom stereocenters. The molecule has 0 saturated carbocycles. The number of aryl methyl sites for hydroxylation is 2. The molecule has 3 rings (SSSR count). The van der Waals surface area contributed by atoms with Gasteiger partial charge in [-0.05, 0) is 49.2 Å². The molecule has 0 aliphatic heterocycles. The molecule has 2 aromatic carbocycles. The lowest BCUT2D eigenvalue weighted by Gasteiger charge is -2.20. The van der Waals surface area contributed by atoms with Crippen LogP contribution in [0.25, 0.3) is 0 Å². The predicted octanol–water partition coefficient (Wildman–Crippen LogP) is 3.95. The highest BCUT2D eigenvalue weighted by molar-refractivity contribution is 6.04. The van der Waals surface area contributed by atoms with Crippen molar-refractivity contribution in [2.75, 3.05) is 5.32 Å². The number of hydrogen-bond donors (Lipinski definition) is 2. The van der Waals surface area contributed by atoms with Gasteiger partial charge in [-0.25, -0.2) is 0 Å². The van der Waals surface area contributed by atoms with Crippen molar-refractivity contribution in [3.63, 3.8) is 0 Å². The summed E-state index contributed by atoms with van der Waals surface area (Å²) < 4.78 is 5.12. The third-order valence-electron chi connectivity index (χ3n) is 4.16. The second kappa shape index (κ2) is 7.70. The van der Waals surface area contributed by atoms with Gasteiger partial charge in [-0.2, -0.15) is 0 Å². The number of ketones is 1. The van der Waals surface area contributed by atoms with Gasteiger partial charge in [0, 0.05) is 11.3 Å². The summed E-state index contributed by atoms with van der Waals surface area (Å²) in [6.07, 6.45) is 0.497. The maximum atomic E-state index is 12.9. The van der Waals surface area contributed by atoms with Gasteiger partial charge in [-0.3, -0.25) is 9.59 Å². The molecule has 2 N–H and O–H groups in total. The molecule has 0 aliphatic carbocycles. The molecule has 0 fully saturated rings. The number of anilines is 1. The first-order chi connectivity index (χ1) is 12.5. The number of benzene rings is 2. The van der Waals surface area contributed by atoms with Crippen LogP contribution in [0, 0.1) is 13.8 Å². The summed E-state index contributed by atoms with van der Waals surface area (Å²) in [6, 6.07) is 17.8. The second-order valence-electron chi connectivity index (χ2n) is 6.06. The Balaban J connectivity index is 1.86. The minimum Gasteiger partial charge on any atom is -0.459 e. The predicted molar refractivity (Wildman–Crippen MR) is 100 cm³/mol. The van der Waals surface area contributed by atoms with Crippen LogP contribution in [0.15, 0.2) is 71.3 Å². The summed E-state index contributed by atoms with van der Waals surface area (Å²) in [5, 5.41) is 5.82. The summed E-state index contributed by atoms with van der Waals surface area (Å²) in [5.74, 6) is -0.540. The average Bonchev–Trinajstić information content (AvgIpc) is 3.19. The van der Waals surface area contributed by atoms with E-state index in [0.29, 0.717) is 5.56 Å². The molecule has 0 saturated heterocycles. The van der Waals surface area contributed by atoms with Crippen LogP contribution in [0.2, 0.25) is 0 Å². The molecule has 5 nitrogen and oxygen atoms in total. The number of carbonyl (C=O) groups excluding carboxylic acids is 2. The van der Waals surface area contributed by atoms with Crippen molar-refractivity contribution >= 4 is 17.4 Å². The number of Topliss-reactive ketones (excluding diaryl/α,β-unsaturated/α-hetero) is 1. The van der Waals surface area contributed by atoms with Crippen LogP contribution >= 0.6 is 0 Å². The van der Waals surface area contributed by atoms with Gasteiger partial charge in [0.15, 0.2) is 11.9 Å². The zero-order chi connectivity index (χ0) is 18.5. The van der Waals surface area contributed by atoms with Gasteiger partial charge in [-0.1, -0.05) is 36.4 Å². The van der Waals surface area contributed by atoms with Gasteiger partial charge >= 0.3 is 0 Å². The maximum Gasteiger partial charge on any atom is 0.288 e. The lowest BCUT2D eigenvalue weighted by Crippen LogP contribution is -2.46. The Kier molecular flexibility index (Phi) is 5.17. The molecule has 1 aromatic heterocycles. The van der Waals surface area contributed by atoms with Crippen molar-refractivity contribution in [3.05, 3.63) is 89.4 Å². The van der Waals surface area contributed by atoms with E-state index in [0.717, 1.165) is 16.8 Å². The second-order valence-corrected chi connectivity index (χ2v) is 6.06. The fraction of sp³-hybridized carbons (Fsp3) is 0.143. The highest BCUT2D eigenvalue weighted by atomic mass is 16.3. The molecule has 26 heavy (non-hydrogen) atoms. The van der Waals surface area contributed by atoms with Crippen LogP contribution in [-0.4, -0.2) is 17.9 Å². The smallest absolute Gasteiger partial charge is 0.288 e. The number of nitrogens with one attached hydrogen (secondary N) is 2. The summed E-state index contributed by atoms with van der Waals surface area (Å²) in [5.41, 5.74) is 3.51. The molecular formula is C21H20N2O3. The van der Waals surface area contributed by atoms with Crippen LogP contribution < -0.4 is 10.6 Å². The quantitative estimate of drug-likeness (QED) is 0.523. The molecule has 132 valence electrons. The van der Waals surface area contributed by atoms with Gasteiger partial charge < -0.3 is 15.1 Å². The topological polar surface area (TPSA) is 71.3 Å². The number of carbonyl (C=O) groups is 2. The molecule has 5 heteroatoms. The van der Waals surface area contributed by atoms with E-state index in [9.17, 15) is 9.59 Å². The van der Waals surface area contributed by atoms with Crippen molar-refractivity contribution in [2.45, 2.75) is 20.0 Å². The van der Waals surface area contributed by atoms with E-state index in [2.05, 4.69) is 10.6 Å². The van der Waals surface area contributed by atoms with Crippen molar-refractivity contribution in [1.29, 1.82) is 0 Å². The molecule has 1 atom stereocenters. The monoisotopic (exact) mass is 348 g/mol. The standard InChI is InChI=1S/C21H20N2O3/c1-14-10-11-17(13-15(14)2)22-20(19(24)16-7-4-3-5-8-16)23-21(25)18-9-6-12-26-18/h3-13,20,22H,1-2H3,(H,23,25). The van der Waals surface area contributed by atoms with Gasteiger partial charge in [0.1, 0.15) is 0 Å². The van der Waals surface area contributed by atoms with Gasteiger partial charge in [0.2, 0.25) is 5.78 Å². The Hall–Kier alpha value is -3.34. The van der Waals surface area contributed by atoms with E-state index >= 15 is 0 Å². The SMILES string of the molecule is Cc1ccc(NC(NC(=O)c2ccco2)C(=O)c2ccccc2)cc1C. The summed E-state index contributed by atoms with van der Waals surface area (Å²) >= 11 is 0. The summed E-state index contributed by atoms with van der Waals surface area (Å²) in [7, 11) is 0. The first kappa shape index (κ1) is 17.5. The van der Waals surface area contributed by atoms with Gasteiger partial charge in [-0.15, -0.1) is 0 Å². The number of furan rings is 1. The number of rotatable bonds is 6. The molecule has 3 aromatic rings. The Labute approximate surface area is 152 Å². The highest BCUT2D eigenvalue weighted by Crippen LogP contribution is 2.16. The average molecular weight is 348 g/mol. The van der Waals surface area contributed by atoms with E-state index in [1.165, 1.54) is 6.26 Å². The van der Waals surface area contributed by atoms with Crippen LogP contribution in [0.1, 0.15) is 32.0 Å². The maximum absolute atomic E-state index is 12.9. The molecule has 0 spiro atoms. The Bertz CT molecular complexity index is 902. The fourth-order valence-corrected chi connectivity index (χ4v) is 2.54. The van der Waals surface area contributed by atoms with Crippen LogP contribution in [0.4, 0.5) is 5.69 Å². The molecular weight excluding hydrogens is 328 g/mol. The Morgan fingerprint density at radius 2 is 1.69 bits per heavy atom. The van der Waals surface area contributed by atoms with Crippen LogP contribution in [0.5, 0.6) is 0 Å². The lowest BCUT2D eigenvalue weighted by molar-refractivity contribution is 0.0853. The Morgan fingerprint density at radius 1 is 0.923 bits per heavy atom. The Morgan fingerprint density at radius 3 is 2.35 bits per heavy atom.